The molecule has 1 N–H and O–H groups in total. The van der Waals surface area contributed by atoms with Gasteiger partial charge in [-0.25, -0.2) is 0 Å². The van der Waals surface area contributed by atoms with Crippen LogP contribution in [0.1, 0.15) is 46.5 Å². The number of rotatable bonds is 5. The Hall–Kier alpha value is -0.0800. The van der Waals surface area contributed by atoms with Crippen molar-refractivity contribution < 1.29 is 5.11 Å². The Labute approximate surface area is 81.9 Å². The zero-order chi connectivity index (χ0) is 9.84. The van der Waals surface area contributed by atoms with Crippen LogP contribution in [0.15, 0.2) is 0 Å². The first kappa shape index (κ1) is 11.0. The predicted octanol–water partition coefficient (Wildman–Crippen LogP) is 2.02. The molecule has 0 radical (unpaired) electrons. The molecule has 1 saturated carbocycles. The van der Waals surface area contributed by atoms with E-state index < -0.39 is 0 Å². The molecule has 0 unspecified atom stereocenters. The van der Waals surface area contributed by atoms with Crippen molar-refractivity contribution in [2.24, 2.45) is 0 Å². The smallest absolute Gasteiger partial charge is 0.0570 e. The Balaban J connectivity index is 2.30. The van der Waals surface area contributed by atoms with Crippen LogP contribution in [0.3, 0.4) is 0 Å². The zero-order valence-electron chi connectivity index (χ0n) is 9.16. The highest BCUT2D eigenvalue weighted by Gasteiger charge is 2.32. The number of hydrogen-bond acceptors (Lipinski definition) is 2. The molecule has 1 aliphatic rings. The van der Waals surface area contributed by atoms with Crippen LogP contribution in [-0.4, -0.2) is 34.7 Å². The monoisotopic (exact) mass is 185 g/mol. The molecule has 13 heavy (non-hydrogen) atoms. The molecule has 1 aliphatic carbocycles. The molecule has 0 heterocycles. The van der Waals surface area contributed by atoms with E-state index in [0.717, 1.165) is 12.8 Å². The molecule has 0 aliphatic heterocycles. The van der Waals surface area contributed by atoms with Crippen LogP contribution < -0.4 is 0 Å². The maximum atomic E-state index is 9.25. The SMILES string of the molecule is CCCCN(C(C)C)C1CC(O)C1. The van der Waals surface area contributed by atoms with E-state index >= 15 is 0 Å². The van der Waals surface area contributed by atoms with Crippen molar-refractivity contribution in [3.63, 3.8) is 0 Å². The second-order valence-corrected chi connectivity index (χ2v) is 4.46. The number of unbranched alkanes of at least 4 members (excludes halogenated alkanes) is 1. The largest absolute Gasteiger partial charge is 0.393 e. The van der Waals surface area contributed by atoms with Crippen molar-refractivity contribution in [3.05, 3.63) is 0 Å². The third-order valence-electron chi connectivity index (χ3n) is 2.99. The minimum absolute atomic E-state index is 0.0205. The van der Waals surface area contributed by atoms with Crippen LogP contribution in [-0.2, 0) is 0 Å². The van der Waals surface area contributed by atoms with Gasteiger partial charge in [0.25, 0.3) is 0 Å². The molecule has 2 heteroatoms. The average Bonchev–Trinajstić information content (AvgIpc) is 2.01. The van der Waals surface area contributed by atoms with E-state index in [9.17, 15) is 5.11 Å². The number of aliphatic hydroxyl groups is 1. The summed E-state index contributed by atoms with van der Waals surface area (Å²) in [7, 11) is 0. The second-order valence-electron chi connectivity index (χ2n) is 4.46. The fourth-order valence-electron chi connectivity index (χ4n) is 2.03. The first-order chi connectivity index (χ1) is 6.15. The van der Waals surface area contributed by atoms with Gasteiger partial charge in [-0.05, 0) is 39.7 Å². The van der Waals surface area contributed by atoms with Gasteiger partial charge in [0.15, 0.2) is 0 Å². The Kier molecular flexibility index (Phi) is 4.20. The van der Waals surface area contributed by atoms with E-state index in [1.54, 1.807) is 0 Å². The maximum Gasteiger partial charge on any atom is 0.0570 e. The molecule has 0 amide bonds. The van der Waals surface area contributed by atoms with Crippen LogP contribution in [0.2, 0.25) is 0 Å². The predicted molar refractivity (Wildman–Crippen MR) is 55.8 cm³/mol. The number of aliphatic hydroxyl groups excluding tert-OH is 1. The van der Waals surface area contributed by atoms with E-state index in [-0.39, 0.29) is 6.10 Å². The molecule has 0 atom stereocenters. The highest BCUT2D eigenvalue weighted by Crippen LogP contribution is 2.27. The lowest BCUT2D eigenvalue weighted by atomic mass is 9.87. The van der Waals surface area contributed by atoms with Gasteiger partial charge in [-0.2, -0.15) is 0 Å². The van der Waals surface area contributed by atoms with E-state index in [2.05, 4.69) is 25.7 Å². The van der Waals surface area contributed by atoms with Gasteiger partial charge in [-0.1, -0.05) is 13.3 Å². The highest BCUT2D eigenvalue weighted by molar-refractivity contribution is 4.88. The summed E-state index contributed by atoms with van der Waals surface area (Å²) in [6, 6.07) is 1.28. The van der Waals surface area contributed by atoms with Gasteiger partial charge in [-0.3, -0.25) is 4.90 Å². The summed E-state index contributed by atoms with van der Waals surface area (Å²) in [5.74, 6) is 0. The minimum Gasteiger partial charge on any atom is -0.393 e. The van der Waals surface area contributed by atoms with Crippen LogP contribution in [0, 0.1) is 0 Å². The normalized spacial score (nSPS) is 28.2. The van der Waals surface area contributed by atoms with E-state index in [1.165, 1.54) is 19.4 Å². The number of nitrogens with zero attached hydrogens (tertiary/aromatic N) is 1. The molecule has 0 saturated heterocycles. The standard InChI is InChI=1S/C11H23NO/c1-4-5-6-12(9(2)3)10-7-11(13)8-10/h9-11,13H,4-8H2,1-3H3. The molecule has 0 spiro atoms. The molecule has 1 rings (SSSR count). The van der Waals surface area contributed by atoms with Gasteiger partial charge >= 0.3 is 0 Å². The average molecular weight is 185 g/mol. The Morgan fingerprint density at radius 1 is 1.38 bits per heavy atom. The fraction of sp³-hybridized carbons (Fsp3) is 1.00. The summed E-state index contributed by atoms with van der Waals surface area (Å²) < 4.78 is 0. The van der Waals surface area contributed by atoms with Gasteiger partial charge in [0.1, 0.15) is 0 Å². The summed E-state index contributed by atoms with van der Waals surface area (Å²) in [4.78, 5) is 2.54. The first-order valence-electron chi connectivity index (χ1n) is 5.59. The number of hydrogen-bond donors (Lipinski definition) is 1. The van der Waals surface area contributed by atoms with Gasteiger partial charge in [0, 0.05) is 12.1 Å². The summed E-state index contributed by atoms with van der Waals surface area (Å²) in [5.41, 5.74) is 0. The van der Waals surface area contributed by atoms with Crippen LogP contribution in [0.25, 0.3) is 0 Å². The second kappa shape index (κ2) is 4.97. The fourth-order valence-corrected chi connectivity index (χ4v) is 2.03. The lowest BCUT2D eigenvalue weighted by Gasteiger charge is -2.43. The van der Waals surface area contributed by atoms with Crippen molar-refractivity contribution in [1.29, 1.82) is 0 Å². The van der Waals surface area contributed by atoms with Gasteiger partial charge < -0.3 is 5.11 Å². The topological polar surface area (TPSA) is 23.5 Å². The first-order valence-corrected chi connectivity index (χ1v) is 5.59. The summed E-state index contributed by atoms with van der Waals surface area (Å²) in [6.45, 7) is 7.93. The maximum absolute atomic E-state index is 9.25. The van der Waals surface area contributed by atoms with Crippen molar-refractivity contribution >= 4 is 0 Å². The van der Waals surface area contributed by atoms with Crippen LogP contribution in [0.4, 0.5) is 0 Å². The highest BCUT2D eigenvalue weighted by atomic mass is 16.3. The lowest BCUT2D eigenvalue weighted by Crippen LogP contribution is -2.50. The van der Waals surface area contributed by atoms with Crippen molar-refractivity contribution in [2.45, 2.75) is 64.6 Å². The summed E-state index contributed by atoms with van der Waals surface area (Å²) >= 11 is 0. The van der Waals surface area contributed by atoms with Crippen LogP contribution >= 0.6 is 0 Å². The molecule has 0 aromatic carbocycles. The summed E-state index contributed by atoms with van der Waals surface area (Å²) in [6.07, 6.45) is 4.50. The molecule has 2 nitrogen and oxygen atoms in total. The molecule has 0 bridgehead atoms. The molecule has 0 aromatic heterocycles. The van der Waals surface area contributed by atoms with Crippen molar-refractivity contribution in [2.75, 3.05) is 6.54 Å². The van der Waals surface area contributed by atoms with E-state index in [4.69, 9.17) is 0 Å². The minimum atomic E-state index is -0.0205. The third kappa shape index (κ3) is 2.96. The summed E-state index contributed by atoms with van der Waals surface area (Å²) in [5, 5.41) is 9.25. The van der Waals surface area contributed by atoms with E-state index in [0.29, 0.717) is 12.1 Å². The quantitative estimate of drug-likeness (QED) is 0.708. The third-order valence-corrected chi connectivity index (χ3v) is 2.99. The van der Waals surface area contributed by atoms with Gasteiger partial charge in [-0.15, -0.1) is 0 Å². The molecule has 78 valence electrons. The zero-order valence-corrected chi connectivity index (χ0v) is 9.16. The van der Waals surface area contributed by atoms with Crippen molar-refractivity contribution in [3.8, 4) is 0 Å². The van der Waals surface area contributed by atoms with Gasteiger partial charge in [0.05, 0.1) is 6.10 Å². The molecular weight excluding hydrogens is 162 g/mol. The molecule has 0 aromatic rings. The Bertz CT molecular complexity index is 141. The van der Waals surface area contributed by atoms with Gasteiger partial charge in [0.2, 0.25) is 0 Å². The molecular formula is C11H23NO. The van der Waals surface area contributed by atoms with Crippen molar-refractivity contribution in [1.82, 2.24) is 4.90 Å². The van der Waals surface area contributed by atoms with Crippen LogP contribution in [0.5, 0.6) is 0 Å². The Morgan fingerprint density at radius 2 is 2.00 bits per heavy atom. The molecule has 1 fully saturated rings. The Morgan fingerprint density at radius 3 is 2.38 bits per heavy atom. The lowest BCUT2D eigenvalue weighted by molar-refractivity contribution is -0.0116. The van der Waals surface area contributed by atoms with E-state index in [1.807, 2.05) is 0 Å².